The lowest BCUT2D eigenvalue weighted by molar-refractivity contribution is -0.367. The van der Waals surface area contributed by atoms with Gasteiger partial charge in [-0.15, -0.1) is 5.48 Å². The van der Waals surface area contributed by atoms with Gasteiger partial charge in [0.25, 0.3) is 5.91 Å². The van der Waals surface area contributed by atoms with Crippen LogP contribution in [0.2, 0.25) is 0 Å². The van der Waals surface area contributed by atoms with Crippen LogP contribution in [0.25, 0.3) is 11.2 Å². The summed E-state index contributed by atoms with van der Waals surface area (Å²) in [6.07, 6.45) is -26.0. The van der Waals surface area contributed by atoms with E-state index in [-0.39, 0.29) is 151 Å². The Labute approximate surface area is 635 Å². The molecule has 44 heteroatoms. The summed E-state index contributed by atoms with van der Waals surface area (Å²) < 4.78 is 66.8. The van der Waals surface area contributed by atoms with Crippen LogP contribution in [0.15, 0.2) is 30.5 Å². The van der Waals surface area contributed by atoms with E-state index in [0.717, 1.165) is 0 Å². The highest BCUT2D eigenvalue weighted by Crippen LogP contribution is 2.34. The Hall–Kier alpha value is -7.75. The predicted octanol–water partition coefficient (Wildman–Crippen LogP) is -7.69. The van der Waals surface area contributed by atoms with Crippen molar-refractivity contribution in [2.24, 2.45) is 11.7 Å². The Kier molecular flexibility index (Phi) is 37.8. The van der Waals surface area contributed by atoms with E-state index in [2.05, 4.69) is 46.2 Å². The Morgan fingerprint density at radius 2 is 1.18 bits per heavy atom. The number of hydrogen-bond acceptors (Lipinski definition) is 40. The zero-order valence-electron chi connectivity index (χ0n) is 61.0. The number of esters is 2. The average Bonchev–Trinajstić information content (AvgIpc) is 0.790. The van der Waals surface area contributed by atoms with E-state index in [1.54, 1.807) is 31.3 Å². The first-order valence-corrected chi connectivity index (χ1v) is 36.2. The molecule has 0 bridgehead atoms. The molecule has 4 aliphatic rings. The summed E-state index contributed by atoms with van der Waals surface area (Å²) in [5.41, 5.74) is 20.9. The minimum absolute atomic E-state index is 0.00440. The number of hydroxylamine groups is 1. The Balaban J connectivity index is 0.795. The molecule has 3 unspecified atom stereocenters. The van der Waals surface area contributed by atoms with Crippen molar-refractivity contribution in [2.75, 3.05) is 116 Å². The van der Waals surface area contributed by atoms with E-state index in [1.807, 2.05) is 4.90 Å². The second-order valence-corrected chi connectivity index (χ2v) is 26.4. The molecule has 4 amide bonds. The molecule has 3 aliphatic heterocycles. The van der Waals surface area contributed by atoms with Crippen molar-refractivity contribution < 1.29 is 157 Å². The lowest BCUT2D eigenvalue weighted by Crippen LogP contribution is -2.65. The van der Waals surface area contributed by atoms with Gasteiger partial charge in [-0.2, -0.15) is 9.97 Å². The Morgan fingerprint density at radius 3 is 1.75 bits per heavy atom. The number of benzene rings is 1. The van der Waals surface area contributed by atoms with E-state index < -0.39 is 179 Å². The summed E-state index contributed by atoms with van der Waals surface area (Å²) in [5.74, 6) is -3.57. The van der Waals surface area contributed by atoms with Crippen LogP contribution < -0.4 is 43.5 Å². The van der Waals surface area contributed by atoms with E-state index in [0.29, 0.717) is 49.9 Å². The number of aliphatic hydroxyl groups is 12. The monoisotopic (exact) mass is 1590 g/mol. The Bertz CT molecular complexity index is 3370. The summed E-state index contributed by atoms with van der Waals surface area (Å²) in [6, 6.07) is 3.84. The van der Waals surface area contributed by atoms with Gasteiger partial charge in [0.2, 0.25) is 17.8 Å². The molecule has 44 nitrogen and oxygen atoms in total. The standard InChI is InChI=1S/C67H104N12O32/c1-79(28-36-27-73-60-47(74-36)59(68)76-66(69)77-60)37-12-10-34(11-13-37)61(96)75-38(62(97)102-19-7-3-5-9-44(86)72-17-21-100-23-25-104-65-58(54(94)51(91)41(31-82)109-65)110-63-55(95)56(111-67(70)98)52(92)42(32-83)107-63)14-15-45(87)101-18-6-2-4-8-43(85)71-16-20-99-22-24-103-64-57(53(93)50(90)40(30-81)108-64)106-39-26-35(29-80)48(88)46(49(39)89)78-105-33-84/h10-13,27,33,35,38-42,46,48-58,63-65,78,80-83,88-95H,2-9,14-26,28-32H2,1H3,(H2,70,98)(H,71,85)(H,72,86)(H,75,96)(H4,68,69,73,76,77)/t35-,38?,39+,40+,41-,42+,46+,48-,49-,50-,51+,52+,53+,54-,55-,56-,57+,58-,63+,64?,65?/m1/s1. The maximum absolute atomic E-state index is 13.7. The number of hydrogen-bond donors (Lipinski definition) is 19. The summed E-state index contributed by atoms with van der Waals surface area (Å²) >= 11 is 0. The number of nitrogens with zero attached hydrogens (tertiary/aromatic N) is 5. The quantitative estimate of drug-likeness (QED) is 0.00821. The predicted molar refractivity (Wildman–Crippen MR) is 374 cm³/mol. The zero-order chi connectivity index (χ0) is 80.7. The molecular weight excluding hydrogens is 1480 g/mol. The number of unbranched alkanes of at least 4 members (excludes halogenated alkanes) is 4. The highest BCUT2D eigenvalue weighted by molar-refractivity contribution is 5.97. The van der Waals surface area contributed by atoms with Gasteiger partial charge in [0.1, 0.15) is 79.3 Å². The fourth-order valence-electron chi connectivity index (χ4n) is 12.4. The second kappa shape index (κ2) is 46.4. The molecule has 21 atom stereocenters. The maximum atomic E-state index is 13.7. The summed E-state index contributed by atoms with van der Waals surface area (Å²) in [7, 11) is 1.79. The minimum atomic E-state index is -1.92. The number of fused-ring (bicyclic) bond motifs is 1. The number of rotatable bonds is 47. The van der Waals surface area contributed by atoms with E-state index in [1.165, 1.54) is 6.20 Å². The summed E-state index contributed by atoms with van der Waals surface area (Å²) in [4.78, 5) is 111. The first-order valence-electron chi connectivity index (χ1n) is 36.2. The fraction of sp³-hybridized carbons (Fsp3) is 0.716. The lowest BCUT2D eigenvalue weighted by Gasteiger charge is -2.46. The summed E-state index contributed by atoms with van der Waals surface area (Å²) in [6.45, 7) is -2.89. The van der Waals surface area contributed by atoms with Crippen LogP contribution in [0, 0.1) is 5.92 Å². The van der Waals surface area contributed by atoms with Gasteiger partial charge in [0.05, 0.1) is 109 Å². The molecule has 4 fully saturated rings. The highest BCUT2D eigenvalue weighted by Gasteiger charge is 2.54. The number of carbonyl (C=O) groups excluding carboxylic acids is 7. The van der Waals surface area contributed by atoms with Crippen LogP contribution in [0.3, 0.4) is 0 Å². The molecule has 0 radical (unpaired) electrons. The van der Waals surface area contributed by atoms with Crippen molar-refractivity contribution in [3.63, 3.8) is 0 Å². The number of amides is 4. The lowest BCUT2D eigenvalue weighted by atomic mass is 9.79. The van der Waals surface area contributed by atoms with Gasteiger partial charge in [-0.1, -0.05) is 0 Å². The van der Waals surface area contributed by atoms with Crippen LogP contribution in [-0.4, -0.2) is 345 Å². The van der Waals surface area contributed by atoms with Crippen LogP contribution in [0.5, 0.6) is 0 Å². The highest BCUT2D eigenvalue weighted by atomic mass is 16.8. The maximum Gasteiger partial charge on any atom is 0.404 e. The first kappa shape index (κ1) is 90.4. The molecule has 7 rings (SSSR count). The molecule has 2 aromatic heterocycles. The third kappa shape index (κ3) is 27.2. The number of nitrogens with two attached hydrogens (primary N) is 3. The number of aromatic nitrogens is 4. The van der Waals surface area contributed by atoms with Crippen molar-refractivity contribution in [3.05, 3.63) is 41.7 Å². The van der Waals surface area contributed by atoms with Gasteiger partial charge >= 0.3 is 24.5 Å². The fourth-order valence-corrected chi connectivity index (χ4v) is 12.4. The molecule has 1 saturated carbocycles. The largest absolute Gasteiger partial charge is 0.466 e. The molecule has 1 aliphatic carbocycles. The van der Waals surface area contributed by atoms with E-state index in [9.17, 15) is 94.8 Å². The first-order chi connectivity index (χ1) is 53.3. The van der Waals surface area contributed by atoms with Gasteiger partial charge in [-0.05, 0) is 75.6 Å². The van der Waals surface area contributed by atoms with E-state index in [4.69, 9.17) is 74.0 Å². The second-order valence-electron chi connectivity index (χ2n) is 26.4. The molecule has 5 heterocycles. The smallest absolute Gasteiger partial charge is 0.404 e. The average molecular weight is 1590 g/mol. The molecule has 624 valence electrons. The van der Waals surface area contributed by atoms with Crippen LogP contribution in [0.4, 0.5) is 22.2 Å². The van der Waals surface area contributed by atoms with Gasteiger partial charge in [-0.25, -0.2) is 19.6 Å². The molecule has 0 spiro atoms. The van der Waals surface area contributed by atoms with Crippen molar-refractivity contribution in [1.29, 1.82) is 0 Å². The Morgan fingerprint density at radius 1 is 0.613 bits per heavy atom. The van der Waals surface area contributed by atoms with Crippen molar-refractivity contribution >= 4 is 70.8 Å². The molecule has 3 aromatic rings. The van der Waals surface area contributed by atoms with Crippen LogP contribution in [-0.2, 0) is 92.2 Å². The van der Waals surface area contributed by atoms with Gasteiger partial charge in [-0.3, -0.25) is 24.0 Å². The zero-order valence-corrected chi connectivity index (χ0v) is 61.0. The topological polar surface area (TPSA) is 663 Å². The molecule has 1 aromatic carbocycles. The molecule has 3 saturated heterocycles. The normalized spacial score (nSPS) is 28.3. The number of anilines is 3. The molecular formula is C67H104N12O32. The van der Waals surface area contributed by atoms with Crippen molar-refractivity contribution in [1.82, 2.24) is 41.4 Å². The SMILES string of the molecule is CN(Cc1cnc2nc(N)nc(N)c2n1)c1ccc(C(=O)NC(CCC(=O)OCCCCCC(=O)NCCOCCOC2O[C@@H](CO)[C@@H](O)[C@H](O)[C@@H]2O[C@H]2C[C@H](CO)[C@@H](O)[C@H](NOC=O)[C@@H]2O)C(=O)OCCCCCC(=O)NCCOCCOC2O[C@H](CO)[C@H](O)[C@@H](O)[C@H]2O[C@@H]2O[C@@H](CO)[C@H](O)[C@@H](OC(N)=O)[C@H]2O)cc1. The van der Waals surface area contributed by atoms with Crippen LogP contribution >= 0.6 is 0 Å². The summed E-state index contributed by atoms with van der Waals surface area (Å²) in [5, 5.41) is 133. The van der Waals surface area contributed by atoms with Gasteiger partial charge in [0, 0.05) is 63.2 Å². The number of nitrogens with one attached hydrogen (secondary N) is 4. The minimum Gasteiger partial charge on any atom is -0.466 e. The number of aliphatic hydroxyl groups excluding tert-OH is 12. The number of carbonyl (C=O) groups is 7. The molecule has 111 heavy (non-hydrogen) atoms. The number of nitrogen functional groups attached to an aromatic ring is 2. The van der Waals surface area contributed by atoms with Crippen molar-refractivity contribution in [3.8, 4) is 0 Å². The van der Waals surface area contributed by atoms with Gasteiger partial charge in [0.15, 0.2) is 42.0 Å². The third-order valence-corrected chi connectivity index (χ3v) is 18.4. The van der Waals surface area contributed by atoms with Crippen LogP contribution in [0.1, 0.15) is 86.7 Å². The number of primary amides is 1. The van der Waals surface area contributed by atoms with Gasteiger partial charge < -0.3 is 161 Å². The van der Waals surface area contributed by atoms with E-state index >= 15 is 0 Å². The molecule has 22 N–H and O–H groups in total. The van der Waals surface area contributed by atoms with Crippen molar-refractivity contribution in [2.45, 2.75) is 200 Å². The number of ether oxygens (including phenoxy) is 12. The third-order valence-electron chi connectivity index (χ3n) is 18.4.